The van der Waals surface area contributed by atoms with Crippen molar-refractivity contribution in [2.24, 2.45) is 0 Å². The van der Waals surface area contributed by atoms with Crippen LogP contribution in [0.15, 0.2) is 18.2 Å². The first-order chi connectivity index (χ1) is 8.68. The molecule has 1 rings (SSSR count). The fourth-order valence-electron chi connectivity index (χ4n) is 1.62. The maximum Gasteiger partial charge on any atom is 0.416 e. The number of halogens is 4. The van der Waals surface area contributed by atoms with E-state index in [4.69, 9.17) is 0 Å². The predicted octanol–water partition coefficient (Wildman–Crippen LogP) is 2.70. The van der Waals surface area contributed by atoms with E-state index in [1.54, 1.807) is 13.2 Å². The summed E-state index contributed by atoms with van der Waals surface area (Å²) in [5.74, 6) is -0.528. The van der Waals surface area contributed by atoms with Crippen molar-refractivity contribution < 1.29 is 21.8 Å². The van der Waals surface area contributed by atoms with Crippen LogP contribution in [0.25, 0.3) is 0 Å². The van der Waals surface area contributed by atoms with E-state index in [0.29, 0.717) is 11.8 Å². The van der Waals surface area contributed by atoms with E-state index in [-0.39, 0.29) is 18.2 Å². The molecular formula is C12H15F4NOS. The van der Waals surface area contributed by atoms with Crippen LogP contribution in [0.5, 0.6) is 0 Å². The van der Waals surface area contributed by atoms with Gasteiger partial charge in [0.05, 0.1) is 5.56 Å². The molecule has 0 saturated heterocycles. The van der Waals surface area contributed by atoms with Gasteiger partial charge in [0.2, 0.25) is 0 Å². The van der Waals surface area contributed by atoms with Gasteiger partial charge in [0.1, 0.15) is 5.82 Å². The first-order valence-electron chi connectivity index (χ1n) is 5.58. The Kier molecular flexibility index (Phi) is 5.49. The van der Waals surface area contributed by atoms with Crippen molar-refractivity contribution in [1.82, 2.24) is 5.32 Å². The third-order valence-corrected chi connectivity index (χ3v) is 3.39. The minimum Gasteiger partial charge on any atom is -0.309 e. The first kappa shape index (κ1) is 16.1. The molecule has 1 N–H and O–H groups in total. The second-order valence-corrected chi connectivity index (χ2v) is 5.85. The van der Waals surface area contributed by atoms with Crippen molar-refractivity contribution in [2.75, 3.05) is 12.0 Å². The highest BCUT2D eigenvalue weighted by molar-refractivity contribution is 7.84. The van der Waals surface area contributed by atoms with E-state index in [0.717, 1.165) is 12.1 Å². The molecule has 0 aliphatic rings. The molecule has 0 radical (unpaired) electrons. The Hall–Kier alpha value is -0.950. The molecule has 0 aliphatic carbocycles. The summed E-state index contributed by atoms with van der Waals surface area (Å²) in [4.78, 5) is 0. The van der Waals surface area contributed by atoms with Crippen molar-refractivity contribution in [3.63, 3.8) is 0 Å². The van der Waals surface area contributed by atoms with E-state index < -0.39 is 28.4 Å². The van der Waals surface area contributed by atoms with Gasteiger partial charge in [-0.2, -0.15) is 13.2 Å². The Bertz CT molecular complexity index is 462. The number of benzene rings is 1. The van der Waals surface area contributed by atoms with Gasteiger partial charge in [-0.3, -0.25) is 4.21 Å². The highest BCUT2D eigenvalue weighted by Gasteiger charge is 2.31. The minimum atomic E-state index is -4.56. The van der Waals surface area contributed by atoms with Crippen molar-refractivity contribution in [3.8, 4) is 0 Å². The van der Waals surface area contributed by atoms with Crippen molar-refractivity contribution in [2.45, 2.75) is 25.7 Å². The van der Waals surface area contributed by atoms with Crippen LogP contribution < -0.4 is 5.32 Å². The van der Waals surface area contributed by atoms with Gasteiger partial charge < -0.3 is 5.32 Å². The van der Waals surface area contributed by atoms with E-state index in [1.165, 1.54) is 0 Å². The summed E-state index contributed by atoms with van der Waals surface area (Å²) >= 11 is 0. The van der Waals surface area contributed by atoms with Gasteiger partial charge >= 0.3 is 6.18 Å². The summed E-state index contributed by atoms with van der Waals surface area (Å²) < 4.78 is 61.6. The van der Waals surface area contributed by atoms with E-state index in [9.17, 15) is 21.8 Å². The Morgan fingerprint density at radius 1 is 1.32 bits per heavy atom. The molecule has 0 amide bonds. The van der Waals surface area contributed by atoms with Crippen LogP contribution in [0.2, 0.25) is 0 Å². The van der Waals surface area contributed by atoms with E-state index in [2.05, 4.69) is 5.32 Å². The van der Waals surface area contributed by atoms with Gasteiger partial charge in [0.15, 0.2) is 0 Å². The molecule has 1 aromatic carbocycles. The molecule has 2 nitrogen and oxygen atoms in total. The summed E-state index contributed by atoms with van der Waals surface area (Å²) in [5.41, 5.74) is -0.794. The van der Waals surface area contributed by atoms with Gasteiger partial charge in [-0.15, -0.1) is 0 Å². The first-order valence-corrected chi connectivity index (χ1v) is 7.31. The highest BCUT2D eigenvalue weighted by atomic mass is 32.2. The Labute approximate surface area is 111 Å². The number of alkyl halides is 3. The topological polar surface area (TPSA) is 29.1 Å². The van der Waals surface area contributed by atoms with Gasteiger partial charge in [-0.1, -0.05) is 0 Å². The monoisotopic (exact) mass is 297 g/mol. The molecule has 0 fully saturated rings. The molecule has 108 valence electrons. The Balaban J connectivity index is 2.74. The summed E-state index contributed by atoms with van der Waals surface area (Å²) in [6, 6.07) is 2.31. The lowest BCUT2D eigenvalue weighted by Crippen LogP contribution is -2.30. The zero-order valence-electron chi connectivity index (χ0n) is 10.6. The molecule has 7 heteroatoms. The number of hydrogen-bond donors (Lipinski definition) is 1. The lowest BCUT2D eigenvalue weighted by molar-refractivity contribution is -0.137. The zero-order valence-corrected chi connectivity index (χ0v) is 11.4. The molecule has 0 saturated carbocycles. The van der Waals surface area contributed by atoms with Gasteiger partial charge in [-0.05, 0) is 30.7 Å². The third-order valence-electron chi connectivity index (χ3n) is 2.42. The fraction of sp³-hybridized carbons (Fsp3) is 0.500. The highest BCUT2D eigenvalue weighted by Crippen LogP contribution is 2.30. The number of rotatable bonds is 5. The summed E-state index contributed by atoms with van der Waals surface area (Å²) in [7, 11) is -0.993. The second kappa shape index (κ2) is 6.47. The smallest absolute Gasteiger partial charge is 0.309 e. The van der Waals surface area contributed by atoms with E-state index >= 15 is 0 Å². The predicted molar refractivity (Wildman–Crippen MR) is 66.6 cm³/mol. The average molecular weight is 297 g/mol. The third kappa shape index (κ3) is 5.69. The average Bonchev–Trinajstić information content (AvgIpc) is 2.23. The number of nitrogens with one attached hydrogen (secondary N) is 1. The van der Waals surface area contributed by atoms with Crippen LogP contribution in [-0.4, -0.2) is 22.3 Å². The SMILES string of the molecule is CC(CS(C)=O)NCc1cc(F)cc(C(F)(F)F)c1. The van der Waals surface area contributed by atoms with Crippen LogP contribution in [0.3, 0.4) is 0 Å². The lowest BCUT2D eigenvalue weighted by atomic mass is 10.1. The van der Waals surface area contributed by atoms with Crippen LogP contribution in [0, 0.1) is 5.82 Å². The van der Waals surface area contributed by atoms with E-state index in [1.807, 2.05) is 0 Å². The molecule has 0 bridgehead atoms. The summed E-state index contributed by atoms with van der Waals surface area (Å²) in [6.45, 7) is 1.87. The van der Waals surface area contributed by atoms with Crippen LogP contribution in [0.4, 0.5) is 17.6 Å². The molecule has 0 heterocycles. The maximum absolute atomic E-state index is 13.1. The van der Waals surface area contributed by atoms with Crippen molar-refractivity contribution in [1.29, 1.82) is 0 Å². The van der Waals surface area contributed by atoms with Gasteiger partial charge in [-0.25, -0.2) is 4.39 Å². The summed E-state index contributed by atoms with van der Waals surface area (Å²) in [5, 5.41) is 2.91. The molecule has 0 aromatic heterocycles. The maximum atomic E-state index is 13.1. The van der Waals surface area contributed by atoms with Gasteiger partial charge in [0.25, 0.3) is 0 Å². The Morgan fingerprint density at radius 3 is 2.47 bits per heavy atom. The Morgan fingerprint density at radius 2 is 1.95 bits per heavy atom. The lowest BCUT2D eigenvalue weighted by Gasteiger charge is -2.14. The minimum absolute atomic E-state index is 0.0964. The largest absolute Gasteiger partial charge is 0.416 e. The molecule has 0 aliphatic heterocycles. The molecule has 1 aromatic rings. The molecule has 19 heavy (non-hydrogen) atoms. The zero-order chi connectivity index (χ0) is 14.6. The molecule has 2 atom stereocenters. The number of hydrogen-bond acceptors (Lipinski definition) is 2. The van der Waals surface area contributed by atoms with Crippen LogP contribution >= 0.6 is 0 Å². The van der Waals surface area contributed by atoms with Crippen LogP contribution in [-0.2, 0) is 23.5 Å². The van der Waals surface area contributed by atoms with Crippen molar-refractivity contribution >= 4 is 10.8 Å². The second-order valence-electron chi connectivity index (χ2n) is 4.37. The van der Waals surface area contributed by atoms with Gasteiger partial charge in [0, 0.05) is 35.4 Å². The molecule has 0 spiro atoms. The molecular weight excluding hydrogens is 282 g/mol. The summed E-state index contributed by atoms with van der Waals surface area (Å²) in [6.07, 6.45) is -3.02. The van der Waals surface area contributed by atoms with Crippen molar-refractivity contribution in [3.05, 3.63) is 35.1 Å². The fourth-order valence-corrected chi connectivity index (χ4v) is 2.44. The molecule has 2 unspecified atom stereocenters. The standard InChI is InChI=1S/C12H15F4NOS/c1-8(7-19(2)18)17-6-9-3-10(12(14,15)16)5-11(13)4-9/h3-5,8,17H,6-7H2,1-2H3. The quantitative estimate of drug-likeness (QED) is 0.847. The van der Waals surface area contributed by atoms with Crippen LogP contribution in [0.1, 0.15) is 18.1 Å². The normalized spacial score (nSPS) is 15.3.